The molecule has 1 N–H and O–H groups in total. The van der Waals surface area contributed by atoms with E-state index in [0.29, 0.717) is 11.3 Å². The van der Waals surface area contributed by atoms with Crippen molar-refractivity contribution in [3.63, 3.8) is 0 Å². The number of ether oxygens (including phenoxy) is 1. The van der Waals surface area contributed by atoms with Crippen LogP contribution >= 0.6 is 11.3 Å². The third kappa shape index (κ3) is 4.44. The maximum Gasteiger partial charge on any atom is 0.148 e. The molecule has 1 aromatic heterocycles. The van der Waals surface area contributed by atoms with Crippen molar-refractivity contribution in [2.45, 2.75) is 38.8 Å². The second-order valence-electron chi connectivity index (χ2n) is 7.45. The van der Waals surface area contributed by atoms with Crippen molar-refractivity contribution in [3.8, 4) is 33.0 Å². The Morgan fingerprint density at radius 1 is 1.32 bits per heavy atom. The number of nitriles is 1. The van der Waals surface area contributed by atoms with Crippen LogP contribution in [0.4, 0.5) is 0 Å². The van der Waals surface area contributed by atoms with E-state index in [1.54, 1.807) is 6.07 Å². The lowest BCUT2D eigenvalue weighted by Crippen LogP contribution is -2.19. The highest BCUT2D eigenvalue weighted by molar-refractivity contribution is 7.86. The van der Waals surface area contributed by atoms with Crippen LogP contribution in [0.25, 0.3) is 21.1 Å². The molecule has 3 aromatic rings. The number of hydrogen-bond acceptors (Lipinski definition) is 6. The first-order valence-electron chi connectivity index (χ1n) is 9.96. The Balaban J connectivity index is 1.64. The zero-order valence-electron chi connectivity index (χ0n) is 17.3. The first-order valence-corrected chi connectivity index (χ1v) is 12.0. The van der Waals surface area contributed by atoms with Gasteiger partial charge in [-0.2, -0.15) is 5.26 Å². The largest absolute Gasteiger partial charge is 0.490 e. The first kappa shape index (κ1) is 21.4. The molecule has 8 heteroatoms. The Morgan fingerprint density at radius 2 is 2.13 bits per heavy atom. The summed E-state index contributed by atoms with van der Waals surface area (Å²) in [6, 6.07) is 13.9. The molecule has 158 valence electrons. The maximum absolute atomic E-state index is 11.9. The summed E-state index contributed by atoms with van der Waals surface area (Å²) >= 11 is 1.49. The number of rotatable bonds is 7. The van der Waals surface area contributed by atoms with Gasteiger partial charge in [0.1, 0.15) is 32.8 Å². The Kier molecular flexibility index (Phi) is 6.28. The van der Waals surface area contributed by atoms with Crippen LogP contribution in [0.2, 0.25) is 0 Å². The molecule has 4 rings (SSSR count). The summed E-state index contributed by atoms with van der Waals surface area (Å²) in [7, 11) is -1.25. The molecule has 0 amide bonds. The minimum Gasteiger partial charge on any atom is -0.490 e. The summed E-state index contributed by atoms with van der Waals surface area (Å²) in [6.07, 6.45) is 1.75. The average molecular weight is 451 g/mol. The van der Waals surface area contributed by atoms with Gasteiger partial charge < -0.3 is 4.74 Å². The van der Waals surface area contributed by atoms with E-state index in [1.807, 2.05) is 32.0 Å². The van der Waals surface area contributed by atoms with Gasteiger partial charge in [-0.25, -0.2) is 8.93 Å². The van der Waals surface area contributed by atoms with Crippen molar-refractivity contribution in [1.82, 2.24) is 14.9 Å². The zero-order chi connectivity index (χ0) is 22.0. The summed E-state index contributed by atoms with van der Waals surface area (Å²) in [5.41, 5.74) is 4.72. The molecule has 0 radical (unpaired) electrons. The molecule has 31 heavy (non-hydrogen) atoms. The summed E-state index contributed by atoms with van der Waals surface area (Å²) in [5, 5.41) is 21.3. The molecule has 1 heterocycles. The second-order valence-corrected chi connectivity index (χ2v) is 9.59. The van der Waals surface area contributed by atoms with Crippen molar-refractivity contribution >= 4 is 22.3 Å². The summed E-state index contributed by atoms with van der Waals surface area (Å²) in [6.45, 7) is 7.44. The molecule has 2 atom stereocenters. The Morgan fingerprint density at radius 3 is 2.87 bits per heavy atom. The summed E-state index contributed by atoms with van der Waals surface area (Å²) in [5.74, 6) is 0.572. The van der Waals surface area contributed by atoms with E-state index in [0.717, 1.165) is 39.5 Å². The SMILES string of the molecule is C=CS(=O)NC1CCc2c(-c3nnc(-c4ccc(OC(C)C)c(C#N)c4)s3)cccc21. The van der Waals surface area contributed by atoms with Crippen molar-refractivity contribution in [3.05, 3.63) is 65.1 Å². The molecule has 0 spiro atoms. The molecule has 0 bridgehead atoms. The number of benzene rings is 2. The molecule has 0 saturated carbocycles. The van der Waals surface area contributed by atoms with E-state index >= 15 is 0 Å². The molecule has 2 unspecified atom stereocenters. The van der Waals surface area contributed by atoms with Crippen LogP contribution in [-0.2, 0) is 17.4 Å². The van der Waals surface area contributed by atoms with Gasteiger partial charge in [-0.3, -0.25) is 0 Å². The highest BCUT2D eigenvalue weighted by atomic mass is 32.2. The van der Waals surface area contributed by atoms with Gasteiger partial charge in [0.2, 0.25) is 0 Å². The molecular formula is C23H22N4O2S2. The molecule has 0 fully saturated rings. The number of aromatic nitrogens is 2. The Labute approximate surface area is 188 Å². The highest BCUT2D eigenvalue weighted by Gasteiger charge is 2.27. The van der Waals surface area contributed by atoms with Gasteiger partial charge >= 0.3 is 0 Å². The highest BCUT2D eigenvalue weighted by Crippen LogP contribution is 2.40. The van der Waals surface area contributed by atoms with Crippen LogP contribution in [0.15, 0.2) is 48.4 Å². The fourth-order valence-electron chi connectivity index (χ4n) is 3.72. The van der Waals surface area contributed by atoms with E-state index in [9.17, 15) is 9.47 Å². The predicted molar refractivity (Wildman–Crippen MR) is 124 cm³/mol. The van der Waals surface area contributed by atoms with Gasteiger partial charge in [0, 0.05) is 22.6 Å². The van der Waals surface area contributed by atoms with Crippen LogP contribution in [0, 0.1) is 11.3 Å². The third-order valence-corrected chi connectivity index (χ3v) is 6.87. The van der Waals surface area contributed by atoms with Gasteiger partial charge in [0.25, 0.3) is 0 Å². The zero-order valence-corrected chi connectivity index (χ0v) is 18.9. The summed E-state index contributed by atoms with van der Waals surface area (Å²) in [4.78, 5) is 0. The maximum atomic E-state index is 11.9. The van der Waals surface area contributed by atoms with Crippen LogP contribution in [0.3, 0.4) is 0 Å². The minimum atomic E-state index is -1.25. The molecular weight excluding hydrogens is 428 g/mol. The molecule has 0 saturated heterocycles. The average Bonchev–Trinajstić information content (AvgIpc) is 3.41. The lowest BCUT2D eigenvalue weighted by atomic mass is 10.0. The number of nitrogens with zero attached hydrogens (tertiary/aromatic N) is 3. The molecule has 1 aliphatic carbocycles. The first-order chi connectivity index (χ1) is 15.0. The molecule has 0 aliphatic heterocycles. The van der Waals surface area contributed by atoms with Crippen LogP contribution in [0.1, 0.15) is 43.0 Å². The van der Waals surface area contributed by atoms with Crippen molar-refractivity contribution in [2.24, 2.45) is 0 Å². The van der Waals surface area contributed by atoms with Crippen molar-refractivity contribution in [2.75, 3.05) is 0 Å². The predicted octanol–water partition coefficient (Wildman–Crippen LogP) is 4.92. The quantitative estimate of drug-likeness (QED) is 0.552. The number of fused-ring (bicyclic) bond motifs is 1. The lowest BCUT2D eigenvalue weighted by Gasteiger charge is -2.12. The monoisotopic (exact) mass is 450 g/mol. The number of hydrogen-bond donors (Lipinski definition) is 1. The lowest BCUT2D eigenvalue weighted by molar-refractivity contribution is 0.242. The second kappa shape index (κ2) is 9.10. The van der Waals surface area contributed by atoms with Crippen molar-refractivity contribution in [1.29, 1.82) is 5.26 Å². The third-order valence-electron chi connectivity index (χ3n) is 5.05. The molecule has 6 nitrogen and oxygen atoms in total. The van der Waals surface area contributed by atoms with Crippen molar-refractivity contribution < 1.29 is 8.95 Å². The molecule has 1 aliphatic rings. The van der Waals surface area contributed by atoms with E-state index in [1.165, 1.54) is 22.3 Å². The van der Waals surface area contributed by atoms with Gasteiger partial charge in [0.15, 0.2) is 0 Å². The van der Waals surface area contributed by atoms with Gasteiger partial charge in [-0.15, -0.1) is 10.2 Å². The number of nitrogens with one attached hydrogen (secondary N) is 1. The molecule has 2 aromatic carbocycles. The topological polar surface area (TPSA) is 87.9 Å². The summed E-state index contributed by atoms with van der Waals surface area (Å²) < 4.78 is 20.7. The fraction of sp³-hybridized carbons (Fsp3) is 0.261. The minimum absolute atomic E-state index is 0.00604. The van der Waals surface area contributed by atoms with Crippen LogP contribution in [0.5, 0.6) is 5.75 Å². The van der Waals surface area contributed by atoms with E-state index in [2.05, 4.69) is 39.7 Å². The Hall–Kier alpha value is -2.86. The van der Waals surface area contributed by atoms with Gasteiger partial charge in [-0.1, -0.05) is 36.1 Å². The normalized spacial score (nSPS) is 16.0. The van der Waals surface area contributed by atoms with Crippen LogP contribution in [-0.4, -0.2) is 20.5 Å². The van der Waals surface area contributed by atoms with Gasteiger partial charge in [-0.05, 0) is 56.0 Å². The van der Waals surface area contributed by atoms with E-state index in [-0.39, 0.29) is 12.1 Å². The van der Waals surface area contributed by atoms with Crippen LogP contribution < -0.4 is 9.46 Å². The van der Waals surface area contributed by atoms with Gasteiger partial charge in [0.05, 0.1) is 11.7 Å². The fourth-order valence-corrected chi connectivity index (χ4v) is 5.24. The standard InChI is InChI=1S/C23H22N4O2S2/c1-4-31(28)27-20-10-9-17-18(20)6-5-7-19(17)23-26-25-22(30-23)15-8-11-21(29-14(2)3)16(12-15)13-24/h4-8,11-12,14,20,27H,1,9-10H2,2-3H3. The Bertz CT molecular complexity index is 1200. The smallest absolute Gasteiger partial charge is 0.148 e. The van der Waals surface area contributed by atoms with E-state index in [4.69, 9.17) is 4.74 Å². The van der Waals surface area contributed by atoms with E-state index < -0.39 is 11.0 Å².